The Morgan fingerprint density at radius 1 is 1.53 bits per heavy atom. The van der Waals surface area contributed by atoms with E-state index in [1.165, 1.54) is 11.3 Å². The smallest absolute Gasteiger partial charge is 0.250 e. The van der Waals surface area contributed by atoms with Crippen molar-refractivity contribution in [3.8, 4) is 0 Å². The summed E-state index contributed by atoms with van der Waals surface area (Å²) in [5.74, 6) is 0. The van der Waals surface area contributed by atoms with Crippen molar-refractivity contribution in [3.63, 3.8) is 0 Å². The van der Waals surface area contributed by atoms with Gasteiger partial charge in [-0.2, -0.15) is 0 Å². The van der Waals surface area contributed by atoms with E-state index in [4.69, 9.17) is 0 Å². The molecule has 0 aromatic carbocycles. The minimum atomic E-state index is 0.0907. The average molecular weight is 275 g/mol. The van der Waals surface area contributed by atoms with Gasteiger partial charge in [0.1, 0.15) is 5.01 Å². The number of nitrogens with zero attached hydrogens (tertiary/aromatic N) is 2. The van der Waals surface area contributed by atoms with Crippen LogP contribution in [0.15, 0.2) is 28.5 Å². The van der Waals surface area contributed by atoms with Crippen molar-refractivity contribution in [3.05, 3.63) is 50.3 Å². The van der Waals surface area contributed by atoms with Gasteiger partial charge in [-0.1, -0.05) is 6.07 Å². The zero-order valence-electron chi connectivity index (χ0n) is 10.9. The van der Waals surface area contributed by atoms with Gasteiger partial charge in [-0.15, -0.1) is 11.3 Å². The van der Waals surface area contributed by atoms with Crippen molar-refractivity contribution in [1.82, 2.24) is 14.9 Å². The van der Waals surface area contributed by atoms with Gasteiger partial charge in [-0.3, -0.25) is 4.79 Å². The molecule has 2 aromatic heterocycles. The lowest BCUT2D eigenvalue weighted by molar-refractivity contribution is 0.445. The van der Waals surface area contributed by atoms with Crippen LogP contribution >= 0.6 is 11.3 Å². The summed E-state index contributed by atoms with van der Waals surface area (Å²) < 4.78 is 1.78. The summed E-state index contributed by atoms with van der Waals surface area (Å²) in [6.45, 7) is 0.837. The second-order valence-electron chi connectivity index (χ2n) is 4.95. The third-order valence-electron chi connectivity index (χ3n) is 3.75. The molecule has 5 heteroatoms. The molecule has 2 aromatic rings. The van der Waals surface area contributed by atoms with Crippen LogP contribution in [0.5, 0.6) is 0 Å². The van der Waals surface area contributed by atoms with E-state index >= 15 is 0 Å². The van der Waals surface area contributed by atoms with Crippen LogP contribution in [0.2, 0.25) is 0 Å². The lowest BCUT2D eigenvalue weighted by Gasteiger charge is -2.26. The number of thiazole rings is 1. The van der Waals surface area contributed by atoms with Gasteiger partial charge in [-0.05, 0) is 24.8 Å². The van der Waals surface area contributed by atoms with Gasteiger partial charge >= 0.3 is 0 Å². The molecule has 0 amide bonds. The highest BCUT2D eigenvalue weighted by atomic mass is 32.1. The van der Waals surface area contributed by atoms with Crippen molar-refractivity contribution in [1.29, 1.82) is 0 Å². The van der Waals surface area contributed by atoms with Gasteiger partial charge in [0, 0.05) is 43.0 Å². The number of rotatable bonds is 3. The molecule has 0 aliphatic heterocycles. The van der Waals surface area contributed by atoms with Crippen LogP contribution in [0.4, 0.5) is 0 Å². The Labute approximate surface area is 116 Å². The second-order valence-corrected chi connectivity index (χ2v) is 5.93. The summed E-state index contributed by atoms with van der Waals surface area (Å²) in [6.07, 6.45) is 4.88. The molecule has 0 saturated heterocycles. The van der Waals surface area contributed by atoms with Gasteiger partial charge in [0.05, 0.1) is 0 Å². The maximum Gasteiger partial charge on any atom is 0.250 e. The fraction of sp³-hybridized carbons (Fsp3) is 0.429. The van der Waals surface area contributed by atoms with Crippen LogP contribution in [0.25, 0.3) is 0 Å². The highest BCUT2D eigenvalue weighted by Crippen LogP contribution is 2.20. The van der Waals surface area contributed by atoms with E-state index in [1.54, 1.807) is 22.0 Å². The van der Waals surface area contributed by atoms with Crippen molar-refractivity contribution in [2.45, 2.75) is 31.8 Å². The van der Waals surface area contributed by atoms with Crippen molar-refractivity contribution < 1.29 is 0 Å². The van der Waals surface area contributed by atoms with Gasteiger partial charge in [0.2, 0.25) is 5.56 Å². The highest BCUT2D eigenvalue weighted by molar-refractivity contribution is 7.09. The second kappa shape index (κ2) is 5.27. The zero-order valence-corrected chi connectivity index (χ0v) is 11.7. The molecule has 0 saturated carbocycles. The first-order chi connectivity index (χ1) is 9.24. The predicted octanol–water partition coefficient (Wildman–Crippen LogP) is 1.49. The first-order valence-corrected chi connectivity index (χ1v) is 7.41. The molecule has 100 valence electrons. The normalized spacial score (nSPS) is 18.3. The van der Waals surface area contributed by atoms with Crippen molar-refractivity contribution >= 4 is 11.3 Å². The SMILES string of the molecule is Cn1c2c(ccc1=O)CC(NCc1nccs1)CC2. The molecule has 2 heterocycles. The highest BCUT2D eigenvalue weighted by Gasteiger charge is 2.20. The zero-order chi connectivity index (χ0) is 13.2. The molecular formula is C14H17N3OS. The molecule has 0 fully saturated rings. The summed E-state index contributed by atoms with van der Waals surface area (Å²) in [5.41, 5.74) is 2.58. The van der Waals surface area contributed by atoms with Gasteiger partial charge in [0.15, 0.2) is 0 Å². The fourth-order valence-electron chi connectivity index (χ4n) is 2.67. The minimum Gasteiger partial charge on any atom is -0.315 e. The fourth-order valence-corrected chi connectivity index (χ4v) is 3.23. The van der Waals surface area contributed by atoms with Gasteiger partial charge < -0.3 is 9.88 Å². The summed E-state index contributed by atoms with van der Waals surface area (Å²) in [4.78, 5) is 15.9. The molecule has 1 N–H and O–H groups in total. The van der Waals surface area contributed by atoms with Gasteiger partial charge in [0.25, 0.3) is 0 Å². The lowest BCUT2D eigenvalue weighted by atomic mass is 9.91. The Bertz CT molecular complexity index is 618. The van der Waals surface area contributed by atoms with Crippen LogP contribution in [-0.2, 0) is 26.4 Å². The molecule has 1 aliphatic carbocycles. The van der Waals surface area contributed by atoms with E-state index in [9.17, 15) is 4.79 Å². The summed E-state index contributed by atoms with van der Waals surface area (Å²) in [7, 11) is 1.87. The first-order valence-electron chi connectivity index (χ1n) is 6.53. The first kappa shape index (κ1) is 12.6. The molecule has 1 unspecified atom stereocenters. The van der Waals surface area contributed by atoms with Crippen molar-refractivity contribution in [2.75, 3.05) is 0 Å². The van der Waals surface area contributed by atoms with E-state index < -0.39 is 0 Å². The summed E-state index contributed by atoms with van der Waals surface area (Å²) >= 11 is 1.68. The maximum atomic E-state index is 11.6. The monoisotopic (exact) mass is 275 g/mol. The molecule has 3 rings (SSSR count). The van der Waals surface area contributed by atoms with Crippen LogP contribution < -0.4 is 10.9 Å². The van der Waals surface area contributed by atoms with E-state index in [-0.39, 0.29) is 5.56 Å². The number of nitrogens with one attached hydrogen (secondary N) is 1. The minimum absolute atomic E-state index is 0.0907. The van der Waals surface area contributed by atoms with Gasteiger partial charge in [-0.25, -0.2) is 4.98 Å². The Morgan fingerprint density at radius 2 is 2.42 bits per heavy atom. The van der Waals surface area contributed by atoms with Crippen LogP contribution in [0.3, 0.4) is 0 Å². The number of pyridine rings is 1. The summed E-state index contributed by atoms with van der Waals surface area (Å²) in [5, 5.41) is 6.69. The standard InChI is InChI=1S/C14H17N3OS/c1-17-12-4-3-11(8-10(12)2-5-14(17)18)16-9-13-15-6-7-19-13/h2,5-7,11,16H,3-4,8-9H2,1H3. The number of hydrogen-bond acceptors (Lipinski definition) is 4. The molecule has 19 heavy (non-hydrogen) atoms. The molecular weight excluding hydrogens is 258 g/mol. The number of hydrogen-bond donors (Lipinski definition) is 1. The van der Waals surface area contributed by atoms with E-state index in [0.717, 1.165) is 30.8 Å². The van der Waals surface area contributed by atoms with E-state index in [2.05, 4.69) is 10.3 Å². The average Bonchev–Trinajstić information content (AvgIpc) is 2.94. The molecule has 0 spiro atoms. The molecule has 0 radical (unpaired) electrons. The molecule has 4 nitrogen and oxygen atoms in total. The largest absolute Gasteiger partial charge is 0.315 e. The summed E-state index contributed by atoms with van der Waals surface area (Å²) in [6, 6.07) is 4.13. The third kappa shape index (κ3) is 2.62. The molecule has 0 bridgehead atoms. The topological polar surface area (TPSA) is 46.9 Å². The van der Waals surface area contributed by atoms with Crippen molar-refractivity contribution in [2.24, 2.45) is 7.05 Å². The quantitative estimate of drug-likeness (QED) is 0.923. The van der Waals surface area contributed by atoms with E-state index in [1.807, 2.05) is 24.7 Å². The van der Waals surface area contributed by atoms with Crippen LogP contribution in [0, 0.1) is 0 Å². The van der Waals surface area contributed by atoms with Crippen LogP contribution in [-0.4, -0.2) is 15.6 Å². The number of aromatic nitrogens is 2. The van der Waals surface area contributed by atoms with Crippen LogP contribution in [0.1, 0.15) is 22.7 Å². The lowest BCUT2D eigenvalue weighted by Crippen LogP contribution is -2.36. The van der Waals surface area contributed by atoms with E-state index in [0.29, 0.717) is 6.04 Å². The molecule has 1 aliphatic rings. The Hall–Kier alpha value is -1.46. The third-order valence-corrected chi connectivity index (χ3v) is 4.53. The Balaban J connectivity index is 1.69. The number of fused-ring (bicyclic) bond motifs is 1. The predicted molar refractivity (Wildman–Crippen MR) is 76.4 cm³/mol. The molecule has 1 atom stereocenters. The Kier molecular flexibility index (Phi) is 3.48. The Morgan fingerprint density at radius 3 is 3.21 bits per heavy atom. The maximum absolute atomic E-state index is 11.6.